The zero-order valence-corrected chi connectivity index (χ0v) is 10.1. The molecule has 15 heavy (non-hydrogen) atoms. The SMILES string of the molecule is Cc1c(Cl)nnc(NCC2CC2C)c1C. The van der Waals surface area contributed by atoms with Crippen LogP contribution in [0.15, 0.2) is 0 Å². The first kappa shape index (κ1) is 10.7. The van der Waals surface area contributed by atoms with E-state index in [9.17, 15) is 0 Å². The van der Waals surface area contributed by atoms with Crippen molar-refractivity contribution in [2.75, 3.05) is 11.9 Å². The van der Waals surface area contributed by atoms with E-state index < -0.39 is 0 Å². The molecule has 1 aromatic rings. The molecule has 1 saturated carbocycles. The molecular weight excluding hydrogens is 210 g/mol. The van der Waals surface area contributed by atoms with E-state index in [4.69, 9.17) is 11.6 Å². The lowest BCUT2D eigenvalue weighted by molar-refractivity contribution is 0.780. The van der Waals surface area contributed by atoms with Crippen molar-refractivity contribution in [3.63, 3.8) is 0 Å². The van der Waals surface area contributed by atoms with Gasteiger partial charge in [0.2, 0.25) is 0 Å². The highest BCUT2D eigenvalue weighted by Gasteiger charge is 2.32. The Balaban J connectivity index is 2.05. The van der Waals surface area contributed by atoms with Crippen molar-refractivity contribution in [3.8, 4) is 0 Å². The molecule has 4 heteroatoms. The van der Waals surface area contributed by atoms with E-state index in [-0.39, 0.29) is 0 Å². The van der Waals surface area contributed by atoms with Gasteiger partial charge in [0.15, 0.2) is 11.0 Å². The minimum Gasteiger partial charge on any atom is -0.368 e. The molecule has 2 unspecified atom stereocenters. The first-order valence-corrected chi connectivity index (χ1v) is 5.70. The molecule has 2 rings (SSSR count). The van der Waals surface area contributed by atoms with Crippen molar-refractivity contribution < 1.29 is 0 Å². The molecule has 1 heterocycles. The lowest BCUT2D eigenvalue weighted by Crippen LogP contribution is -2.09. The third-order valence-corrected chi connectivity index (χ3v) is 3.63. The number of anilines is 1. The van der Waals surface area contributed by atoms with E-state index in [1.807, 2.05) is 13.8 Å². The standard InChI is InChI=1S/C11H16ClN3/c1-6-4-9(6)5-13-11-8(3)7(2)10(12)14-15-11/h6,9H,4-5H2,1-3H3,(H,13,15). The molecule has 2 atom stereocenters. The molecular formula is C11H16ClN3. The minimum absolute atomic E-state index is 0.498. The Morgan fingerprint density at radius 1 is 1.33 bits per heavy atom. The molecule has 0 aromatic carbocycles. The Kier molecular flexibility index (Phi) is 2.83. The quantitative estimate of drug-likeness (QED) is 0.860. The molecule has 0 saturated heterocycles. The van der Waals surface area contributed by atoms with Gasteiger partial charge in [0, 0.05) is 6.54 Å². The van der Waals surface area contributed by atoms with E-state index >= 15 is 0 Å². The van der Waals surface area contributed by atoms with Crippen molar-refractivity contribution in [1.82, 2.24) is 10.2 Å². The average molecular weight is 226 g/mol. The summed E-state index contributed by atoms with van der Waals surface area (Å²) in [5, 5.41) is 11.8. The van der Waals surface area contributed by atoms with Gasteiger partial charge in [-0.25, -0.2) is 0 Å². The van der Waals surface area contributed by atoms with Crippen LogP contribution in [-0.2, 0) is 0 Å². The summed E-state index contributed by atoms with van der Waals surface area (Å²) in [6, 6.07) is 0. The topological polar surface area (TPSA) is 37.8 Å². The Morgan fingerprint density at radius 3 is 2.60 bits per heavy atom. The number of aromatic nitrogens is 2. The first-order valence-electron chi connectivity index (χ1n) is 5.33. The largest absolute Gasteiger partial charge is 0.368 e. The Hall–Kier alpha value is -0.830. The zero-order valence-electron chi connectivity index (χ0n) is 9.34. The van der Waals surface area contributed by atoms with Crippen LogP contribution in [0.2, 0.25) is 5.15 Å². The lowest BCUT2D eigenvalue weighted by Gasteiger charge is -2.09. The molecule has 1 aliphatic rings. The highest BCUT2D eigenvalue weighted by molar-refractivity contribution is 6.30. The van der Waals surface area contributed by atoms with Gasteiger partial charge in [-0.3, -0.25) is 0 Å². The van der Waals surface area contributed by atoms with Crippen LogP contribution in [0.4, 0.5) is 5.82 Å². The predicted octanol–water partition coefficient (Wildman–Crippen LogP) is 2.81. The Labute approximate surface area is 95.2 Å². The van der Waals surface area contributed by atoms with Gasteiger partial charge in [0.05, 0.1) is 0 Å². The number of nitrogens with zero attached hydrogens (tertiary/aromatic N) is 2. The van der Waals surface area contributed by atoms with Gasteiger partial charge in [-0.1, -0.05) is 18.5 Å². The molecule has 0 amide bonds. The normalized spacial score (nSPS) is 24.0. The molecule has 0 radical (unpaired) electrons. The summed E-state index contributed by atoms with van der Waals surface area (Å²) in [5.74, 6) is 2.54. The molecule has 0 aliphatic heterocycles. The van der Waals surface area contributed by atoms with Crippen LogP contribution in [0.1, 0.15) is 24.5 Å². The summed E-state index contributed by atoms with van der Waals surface area (Å²) in [4.78, 5) is 0. The van der Waals surface area contributed by atoms with Crippen molar-refractivity contribution >= 4 is 17.4 Å². The van der Waals surface area contributed by atoms with Gasteiger partial charge in [-0.15, -0.1) is 10.2 Å². The van der Waals surface area contributed by atoms with Gasteiger partial charge < -0.3 is 5.32 Å². The fourth-order valence-corrected chi connectivity index (χ4v) is 1.83. The van der Waals surface area contributed by atoms with Crippen LogP contribution in [-0.4, -0.2) is 16.7 Å². The molecule has 1 N–H and O–H groups in total. The third-order valence-electron chi connectivity index (χ3n) is 3.27. The van der Waals surface area contributed by atoms with Crippen LogP contribution in [0.3, 0.4) is 0 Å². The third kappa shape index (κ3) is 2.23. The average Bonchev–Trinajstić information content (AvgIpc) is 2.90. The second kappa shape index (κ2) is 3.97. The molecule has 82 valence electrons. The van der Waals surface area contributed by atoms with E-state index in [1.165, 1.54) is 6.42 Å². The van der Waals surface area contributed by atoms with Gasteiger partial charge in [0.1, 0.15) is 0 Å². The zero-order chi connectivity index (χ0) is 11.0. The number of hydrogen-bond donors (Lipinski definition) is 1. The summed E-state index contributed by atoms with van der Waals surface area (Å²) in [6.07, 6.45) is 1.33. The highest BCUT2D eigenvalue weighted by atomic mass is 35.5. The second-order valence-electron chi connectivity index (χ2n) is 4.44. The molecule has 3 nitrogen and oxygen atoms in total. The maximum absolute atomic E-state index is 5.88. The summed E-state index contributed by atoms with van der Waals surface area (Å²) < 4.78 is 0. The molecule has 1 aromatic heterocycles. The van der Waals surface area contributed by atoms with Crippen molar-refractivity contribution in [2.45, 2.75) is 27.2 Å². The number of nitrogens with one attached hydrogen (secondary N) is 1. The highest BCUT2D eigenvalue weighted by Crippen LogP contribution is 2.37. The maximum atomic E-state index is 5.88. The van der Waals surface area contributed by atoms with E-state index in [0.717, 1.165) is 35.3 Å². The fourth-order valence-electron chi connectivity index (χ4n) is 1.66. The van der Waals surface area contributed by atoms with E-state index in [0.29, 0.717) is 5.15 Å². The maximum Gasteiger partial charge on any atom is 0.155 e. The lowest BCUT2D eigenvalue weighted by atomic mass is 10.2. The Morgan fingerprint density at radius 2 is 2.00 bits per heavy atom. The van der Waals surface area contributed by atoms with Gasteiger partial charge >= 0.3 is 0 Å². The van der Waals surface area contributed by atoms with Gasteiger partial charge in [-0.05, 0) is 43.2 Å². The second-order valence-corrected chi connectivity index (χ2v) is 4.80. The number of halogens is 1. The van der Waals surface area contributed by atoms with Crippen LogP contribution >= 0.6 is 11.6 Å². The monoisotopic (exact) mass is 225 g/mol. The summed E-state index contributed by atoms with van der Waals surface area (Å²) in [5.41, 5.74) is 2.11. The fraction of sp³-hybridized carbons (Fsp3) is 0.636. The Bertz CT molecular complexity index is 378. The van der Waals surface area contributed by atoms with Crippen LogP contribution in [0, 0.1) is 25.7 Å². The van der Waals surface area contributed by atoms with Gasteiger partial charge in [-0.2, -0.15) is 0 Å². The van der Waals surface area contributed by atoms with Crippen LogP contribution in [0.25, 0.3) is 0 Å². The molecule has 1 aliphatic carbocycles. The summed E-state index contributed by atoms with van der Waals surface area (Å²) >= 11 is 5.88. The smallest absolute Gasteiger partial charge is 0.155 e. The number of rotatable bonds is 3. The van der Waals surface area contributed by atoms with Crippen LogP contribution < -0.4 is 5.32 Å². The summed E-state index contributed by atoms with van der Waals surface area (Å²) in [6.45, 7) is 7.27. The predicted molar refractivity (Wildman–Crippen MR) is 62.3 cm³/mol. The first-order chi connectivity index (χ1) is 7.09. The number of hydrogen-bond acceptors (Lipinski definition) is 3. The molecule has 1 fully saturated rings. The van der Waals surface area contributed by atoms with Crippen molar-refractivity contribution in [1.29, 1.82) is 0 Å². The minimum atomic E-state index is 0.498. The van der Waals surface area contributed by atoms with Crippen LogP contribution in [0.5, 0.6) is 0 Å². The van der Waals surface area contributed by atoms with E-state index in [1.54, 1.807) is 0 Å². The van der Waals surface area contributed by atoms with E-state index in [2.05, 4.69) is 22.4 Å². The molecule has 0 bridgehead atoms. The van der Waals surface area contributed by atoms with Crippen molar-refractivity contribution in [3.05, 3.63) is 16.3 Å². The van der Waals surface area contributed by atoms with Gasteiger partial charge in [0.25, 0.3) is 0 Å². The van der Waals surface area contributed by atoms with Crippen molar-refractivity contribution in [2.24, 2.45) is 11.8 Å². The molecule has 0 spiro atoms. The summed E-state index contributed by atoms with van der Waals surface area (Å²) in [7, 11) is 0.